The first-order valence-corrected chi connectivity index (χ1v) is 7.63. The van der Waals surface area contributed by atoms with Crippen molar-refractivity contribution >= 4 is 17.7 Å². The molecule has 0 saturated carbocycles. The fourth-order valence-corrected chi connectivity index (χ4v) is 2.07. The minimum atomic E-state index is -4.45. The highest BCUT2D eigenvalue weighted by molar-refractivity contribution is 5.92. The number of nitro groups is 1. The Bertz CT molecular complexity index is 941. The van der Waals surface area contributed by atoms with Gasteiger partial charge in [-0.05, 0) is 30.3 Å². The molecule has 0 aliphatic rings. The first-order valence-electron chi connectivity index (χ1n) is 7.63. The van der Waals surface area contributed by atoms with Crippen molar-refractivity contribution in [3.05, 3.63) is 81.4 Å². The first kappa shape index (κ1) is 19.7. The molecule has 0 atom stereocenters. The Hall–Kier alpha value is -3.60. The molecule has 2 rings (SSSR count). The normalized spacial score (nSPS) is 10.9. The van der Waals surface area contributed by atoms with Gasteiger partial charge in [0.2, 0.25) is 5.91 Å². The molecule has 0 fully saturated rings. The Balaban J connectivity index is 1.95. The lowest BCUT2D eigenvalue weighted by molar-refractivity contribution is -0.385. The van der Waals surface area contributed by atoms with Crippen LogP contribution < -0.4 is 5.32 Å². The zero-order valence-corrected chi connectivity index (χ0v) is 13.8. The van der Waals surface area contributed by atoms with E-state index in [4.69, 9.17) is 0 Å². The summed E-state index contributed by atoms with van der Waals surface area (Å²) in [6.45, 7) is -0.0870. The molecule has 0 spiro atoms. The van der Waals surface area contributed by atoms with Crippen LogP contribution in [0.15, 0.2) is 54.6 Å². The van der Waals surface area contributed by atoms with Crippen molar-refractivity contribution in [1.82, 2.24) is 5.32 Å². The number of carbonyl (C=O) groups is 1. The summed E-state index contributed by atoms with van der Waals surface area (Å²) >= 11 is 0. The molecule has 0 aliphatic heterocycles. The Morgan fingerprint density at radius 3 is 2.63 bits per heavy atom. The van der Waals surface area contributed by atoms with Gasteiger partial charge in [0.25, 0.3) is 5.69 Å². The van der Waals surface area contributed by atoms with Crippen molar-refractivity contribution < 1.29 is 22.9 Å². The first-order chi connectivity index (χ1) is 12.8. The van der Waals surface area contributed by atoms with Gasteiger partial charge in [-0.3, -0.25) is 14.9 Å². The second kappa shape index (κ2) is 8.67. The zero-order valence-electron chi connectivity index (χ0n) is 13.8. The van der Waals surface area contributed by atoms with Crippen LogP contribution >= 0.6 is 0 Å². The summed E-state index contributed by atoms with van der Waals surface area (Å²) in [5.41, 5.74) is -0.487. The average molecular weight is 374 g/mol. The molecule has 0 heterocycles. The zero-order chi connectivity index (χ0) is 19.9. The van der Waals surface area contributed by atoms with E-state index in [0.717, 1.165) is 18.2 Å². The monoisotopic (exact) mass is 374 g/mol. The van der Waals surface area contributed by atoms with Crippen LogP contribution in [0.3, 0.4) is 0 Å². The summed E-state index contributed by atoms with van der Waals surface area (Å²) in [7, 11) is 0. The topological polar surface area (TPSA) is 72.2 Å². The van der Waals surface area contributed by atoms with Crippen LogP contribution in [0.25, 0.3) is 6.08 Å². The summed E-state index contributed by atoms with van der Waals surface area (Å²) in [5, 5.41) is 13.3. The number of hydrogen-bond acceptors (Lipinski definition) is 3. The minimum Gasteiger partial charge on any atom is -0.342 e. The maximum atomic E-state index is 12.6. The molecule has 0 unspecified atom stereocenters. The van der Waals surface area contributed by atoms with Gasteiger partial charge >= 0.3 is 6.18 Å². The van der Waals surface area contributed by atoms with E-state index in [9.17, 15) is 28.1 Å². The van der Waals surface area contributed by atoms with E-state index < -0.39 is 22.6 Å². The summed E-state index contributed by atoms with van der Waals surface area (Å²) in [4.78, 5) is 22.0. The Morgan fingerprint density at radius 2 is 1.93 bits per heavy atom. The van der Waals surface area contributed by atoms with Crippen LogP contribution in [0.2, 0.25) is 0 Å². The number of hydrogen-bond donors (Lipinski definition) is 1. The number of halogens is 3. The van der Waals surface area contributed by atoms with Crippen LogP contribution in [-0.2, 0) is 11.0 Å². The largest absolute Gasteiger partial charge is 0.416 e. The van der Waals surface area contributed by atoms with E-state index in [2.05, 4.69) is 17.2 Å². The Labute approximate surface area is 152 Å². The molecule has 138 valence electrons. The molecule has 0 aromatic heterocycles. The van der Waals surface area contributed by atoms with Crippen LogP contribution in [0, 0.1) is 22.0 Å². The highest BCUT2D eigenvalue weighted by atomic mass is 19.4. The number of nitrogens with zero attached hydrogens (tertiary/aromatic N) is 1. The predicted octanol–water partition coefficient (Wildman–Crippen LogP) is 3.79. The second-order valence-corrected chi connectivity index (χ2v) is 5.25. The van der Waals surface area contributed by atoms with Crippen molar-refractivity contribution in [2.75, 3.05) is 6.54 Å². The quantitative estimate of drug-likeness (QED) is 0.383. The van der Waals surface area contributed by atoms with Gasteiger partial charge in [-0.2, -0.15) is 13.2 Å². The summed E-state index contributed by atoms with van der Waals surface area (Å²) < 4.78 is 37.8. The van der Waals surface area contributed by atoms with Gasteiger partial charge in [-0.1, -0.05) is 30.0 Å². The van der Waals surface area contributed by atoms with Crippen molar-refractivity contribution in [2.24, 2.45) is 0 Å². The van der Waals surface area contributed by atoms with Crippen molar-refractivity contribution in [1.29, 1.82) is 0 Å². The lowest BCUT2D eigenvalue weighted by Crippen LogP contribution is -2.20. The van der Waals surface area contributed by atoms with Gasteiger partial charge in [0.05, 0.1) is 22.6 Å². The molecule has 2 aromatic rings. The van der Waals surface area contributed by atoms with Crippen molar-refractivity contribution in [3.8, 4) is 11.8 Å². The van der Waals surface area contributed by atoms with Crippen molar-refractivity contribution in [2.45, 2.75) is 6.18 Å². The van der Waals surface area contributed by atoms with Gasteiger partial charge in [-0.15, -0.1) is 0 Å². The summed E-state index contributed by atoms with van der Waals surface area (Å²) in [6, 6.07) is 10.5. The third-order valence-electron chi connectivity index (χ3n) is 3.32. The van der Waals surface area contributed by atoms with Gasteiger partial charge in [0, 0.05) is 17.7 Å². The molecule has 5 nitrogen and oxygen atoms in total. The van der Waals surface area contributed by atoms with E-state index >= 15 is 0 Å². The molecule has 0 aliphatic carbocycles. The average Bonchev–Trinajstić information content (AvgIpc) is 2.63. The fourth-order valence-electron chi connectivity index (χ4n) is 2.07. The molecule has 1 N–H and O–H groups in total. The molecule has 27 heavy (non-hydrogen) atoms. The maximum Gasteiger partial charge on any atom is 0.416 e. The van der Waals surface area contributed by atoms with E-state index in [1.807, 2.05) is 0 Å². The minimum absolute atomic E-state index is 0.0870. The van der Waals surface area contributed by atoms with Crippen LogP contribution in [0.5, 0.6) is 0 Å². The second-order valence-electron chi connectivity index (χ2n) is 5.25. The lowest BCUT2D eigenvalue weighted by atomic mass is 10.1. The number of rotatable bonds is 4. The third-order valence-corrected chi connectivity index (χ3v) is 3.32. The number of benzene rings is 2. The fraction of sp³-hybridized carbons (Fsp3) is 0.105. The number of nitrogens with one attached hydrogen (secondary N) is 1. The van der Waals surface area contributed by atoms with Gasteiger partial charge in [0.15, 0.2) is 0 Å². The Morgan fingerprint density at radius 1 is 1.19 bits per heavy atom. The third kappa shape index (κ3) is 6.01. The molecule has 0 radical (unpaired) electrons. The molecular weight excluding hydrogens is 361 g/mol. The molecular formula is C19H13F3N2O3. The predicted molar refractivity (Wildman–Crippen MR) is 93.5 cm³/mol. The van der Waals surface area contributed by atoms with E-state index in [0.29, 0.717) is 0 Å². The van der Waals surface area contributed by atoms with Gasteiger partial charge in [0.1, 0.15) is 0 Å². The number of nitro benzene ring substituents is 1. The van der Waals surface area contributed by atoms with E-state index in [-0.39, 0.29) is 23.4 Å². The number of amides is 1. The molecule has 8 heteroatoms. The van der Waals surface area contributed by atoms with E-state index in [1.54, 1.807) is 6.07 Å². The maximum absolute atomic E-state index is 12.6. The summed E-state index contributed by atoms with van der Waals surface area (Å²) in [6.07, 6.45) is -2.03. The van der Waals surface area contributed by atoms with Crippen LogP contribution in [0.4, 0.5) is 18.9 Å². The van der Waals surface area contributed by atoms with Crippen molar-refractivity contribution in [3.63, 3.8) is 0 Å². The molecule has 1 amide bonds. The van der Waals surface area contributed by atoms with Gasteiger partial charge in [-0.25, -0.2) is 0 Å². The van der Waals surface area contributed by atoms with Crippen LogP contribution in [-0.4, -0.2) is 17.4 Å². The lowest BCUT2D eigenvalue weighted by Gasteiger charge is -2.05. The molecule has 0 bridgehead atoms. The highest BCUT2D eigenvalue weighted by Gasteiger charge is 2.30. The standard InChI is InChI=1S/C19H13F3N2O3/c20-19(21,22)16-8-3-5-14(13-16)6-4-12-23-18(25)11-10-15-7-1-2-9-17(15)24(26)27/h1-3,5,7-11,13H,12H2,(H,23,25)/b11-10+. The van der Waals surface area contributed by atoms with E-state index in [1.165, 1.54) is 36.4 Å². The SMILES string of the molecule is O=C(/C=C/c1ccccc1[N+](=O)[O-])NCC#Cc1cccc(C(F)(F)F)c1. The number of para-hydroxylation sites is 1. The highest BCUT2D eigenvalue weighted by Crippen LogP contribution is 2.29. The molecule has 0 saturated heterocycles. The summed E-state index contributed by atoms with van der Waals surface area (Å²) in [5.74, 6) is 4.54. The van der Waals surface area contributed by atoms with Gasteiger partial charge < -0.3 is 5.32 Å². The Kier molecular flexibility index (Phi) is 6.33. The van der Waals surface area contributed by atoms with Crippen LogP contribution in [0.1, 0.15) is 16.7 Å². The molecule has 2 aromatic carbocycles. The number of carbonyl (C=O) groups excluding carboxylic acids is 1. The number of alkyl halides is 3. The smallest absolute Gasteiger partial charge is 0.342 e.